The van der Waals surface area contributed by atoms with Crippen LogP contribution in [0.5, 0.6) is 0 Å². The van der Waals surface area contributed by atoms with Crippen molar-refractivity contribution in [3.8, 4) is 0 Å². The number of aromatic nitrogens is 1. The number of halogens is 1. The molecule has 7 nitrogen and oxygen atoms in total. The molecular formula is C27H21FN4O3. The molecule has 35 heavy (non-hydrogen) atoms. The van der Waals surface area contributed by atoms with Crippen molar-refractivity contribution in [3.05, 3.63) is 108 Å². The molecule has 8 heteroatoms. The fourth-order valence-corrected chi connectivity index (χ4v) is 4.04. The van der Waals surface area contributed by atoms with Gasteiger partial charge in [0.15, 0.2) is 0 Å². The van der Waals surface area contributed by atoms with Crippen LogP contribution in [-0.2, 0) is 22.7 Å². The van der Waals surface area contributed by atoms with Crippen molar-refractivity contribution in [3.63, 3.8) is 0 Å². The molecule has 5 rings (SSSR count). The summed E-state index contributed by atoms with van der Waals surface area (Å²) < 4.78 is 15.0. The first-order valence-electron chi connectivity index (χ1n) is 11.0. The number of benzene rings is 3. The van der Waals surface area contributed by atoms with Gasteiger partial charge in [-0.25, -0.2) is 9.18 Å². The predicted molar refractivity (Wildman–Crippen MR) is 130 cm³/mol. The molecule has 2 N–H and O–H groups in total. The van der Waals surface area contributed by atoms with Gasteiger partial charge in [-0.2, -0.15) is 0 Å². The highest BCUT2D eigenvalue weighted by atomic mass is 19.1. The van der Waals surface area contributed by atoms with Crippen molar-refractivity contribution in [1.29, 1.82) is 0 Å². The van der Waals surface area contributed by atoms with E-state index in [9.17, 15) is 18.8 Å². The van der Waals surface area contributed by atoms with Crippen LogP contribution in [0.3, 0.4) is 0 Å². The van der Waals surface area contributed by atoms with Gasteiger partial charge in [-0.1, -0.05) is 48.5 Å². The van der Waals surface area contributed by atoms with E-state index in [1.807, 2.05) is 54.6 Å². The second-order valence-corrected chi connectivity index (χ2v) is 8.15. The number of amides is 4. The lowest BCUT2D eigenvalue weighted by Gasteiger charge is -2.11. The fraction of sp³-hybridized carbons (Fsp3) is 0.0741. The molecule has 4 amide bonds. The Hall–Kier alpha value is -4.72. The molecule has 1 aromatic heterocycles. The summed E-state index contributed by atoms with van der Waals surface area (Å²) in [6.07, 6.45) is 3.39. The van der Waals surface area contributed by atoms with Gasteiger partial charge < -0.3 is 15.2 Å². The number of nitrogens with zero attached hydrogens (tertiary/aromatic N) is 2. The van der Waals surface area contributed by atoms with Gasteiger partial charge in [0.05, 0.1) is 6.54 Å². The topological polar surface area (TPSA) is 83.4 Å². The number of carbonyl (C=O) groups excluding carboxylic acids is 3. The quantitative estimate of drug-likeness (QED) is 0.323. The van der Waals surface area contributed by atoms with Crippen LogP contribution in [0.4, 0.5) is 14.9 Å². The fourth-order valence-electron chi connectivity index (χ4n) is 4.04. The minimum absolute atomic E-state index is 0.0315. The number of para-hydroxylation sites is 2. The number of urea groups is 1. The summed E-state index contributed by atoms with van der Waals surface area (Å²) in [5.41, 5.74) is 2.99. The third-order valence-corrected chi connectivity index (χ3v) is 5.71. The standard InChI is InChI=1S/C27H21FN4O3/c28-20-12-10-18(11-13-20)15-32-26(34)23(30-27(32)35)14-19-16-31(24-9-5-4-8-22(19)24)17-25(33)29-21-6-2-1-3-7-21/h1-14,16H,15,17H2,(H,29,33)(H,30,35)/b23-14-. The average Bonchev–Trinajstić information content (AvgIpc) is 3.33. The summed E-state index contributed by atoms with van der Waals surface area (Å²) in [7, 11) is 0. The largest absolute Gasteiger partial charge is 0.337 e. The number of nitrogens with one attached hydrogen (secondary N) is 2. The minimum Gasteiger partial charge on any atom is -0.337 e. The lowest BCUT2D eigenvalue weighted by molar-refractivity contribution is -0.123. The maximum Gasteiger partial charge on any atom is 0.329 e. The number of anilines is 1. The summed E-state index contributed by atoms with van der Waals surface area (Å²) in [5, 5.41) is 6.32. The lowest BCUT2D eigenvalue weighted by atomic mass is 10.1. The predicted octanol–water partition coefficient (Wildman–Crippen LogP) is 4.51. The van der Waals surface area contributed by atoms with Crippen molar-refractivity contribution in [1.82, 2.24) is 14.8 Å². The van der Waals surface area contributed by atoms with Gasteiger partial charge in [-0.3, -0.25) is 14.5 Å². The first-order valence-corrected chi connectivity index (χ1v) is 11.0. The van der Waals surface area contributed by atoms with Crippen LogP contribution >= 0.6 is 0 Å². The highest BCUT2D eigenvalue weighted by Gasteiger charge is 2.33. The normalized spacial score (nSPS) is 14.5. The maximum absolute atomic E-state index is 13.2. The summed E-state index contributed by atoms with van der Waals surface area (Å²) in [4.78, 5) is 39.1. The Labute approximate surface area is 200 Å². The van der Waals surface area contributed by atoms with Gasteiger partial charge in [-0.15, -0.1) is 0 Å². The zero-order chi connectivity index (χ0) is 24.4. The Morgan fingerprint density at radius 3 is 2.43 bits per heavy atom. The van der Waals surface area contributed by atoms with Crippen LogP contribution in [0.2, 0.25) is 0 Å². The van der Waals surface area contributed by atoms with Crippen molar-refractivity contribution < 1.29 is 18.8 Å². The van der Waals surface area contributed by atoms with Crippen LogP contribution in [-0.4, -0.2) is 27.3 Å². The smallest absolute Gasteiger partial charge is 0.329 e. The van der Waals surface area contributed by atoms with E-state index >= 15 is 0 Å². The molecule has 4 aromatic rings. The third kappa shape index (κ3) is 4.67. The van der Waals surface area contributed by atoms with Crippen molar-refractivity contribution in [2.75, 3.05) is 5.32 Å². The van der Waals surface area contributed by atoms with E-state index in [0.717, 1.165) is 15.8 Å². The zero-order valence-corrected chi connectivity index (χ0v) is 18.6. The number of hydrogen-bond acceptors (Lipinski definition) is 3. The SMILES string of the molecule is O=C(Cn1cc(/C=C2\NC(=O)N(Cc3ccc(F)cc3)C2=O)c2ccccc21)Nc1ccccc1. The van der Waals surface area contributed by atoms with Crippen molar-refractivity contribution in [2.24, 2.45) is 0 Å². The Kier molecular flexibility index (Phi) is 5.85. The van der Waals surface area contributed by atoms with Crippen LogP contribution in [0.25, 0.3) is 17.0 Å². The molecule has 174 valence electrons. The number of fused-ring (bicyclic) bond motifs is 1. The van der Waals surface area contributed by atoms with Crippen LogP contribution in [0, 0.1) is 5.82 Å². The van der Waals surface area contributed by atoms with Gasteiger partial charge in [-0.05, 0) is 42.0 Å². The van der Waals surface area contributed by atoms with Gasteiger partial charge in [0, 0.05) is 28.4 Å². The van der Waals surface area contributed by atoms with E-state index in [2.05, 4.69) is 10.6 Å². The van der Waals surface area contributed by atoms with E-state index in [0.29, 0.717) is 16.8 Å². The Morgan fingerprint density at radius 2 is 1.66 bits per heavy atom. The van der Waals surface area contributed by atoms with Crippen LogP contribution in [0.15, 0.2) is 90.8 Å². The molecule has 0 radical (unpaired) electrons. The molecule has 1 aliphatic heterocycles. The Balaban J connectivity index is 1.39. The first-order chi connectivity index (χ1) is 17.0. The van der Waals surface area contributed by atoms with Gasteiger partial charge in [0.2, 0.25) is 5.91 Å². The highest BCUT2D eigenvalue weighted by molar-refractivity contribution is 6.14. The molecule has 3 aromatic carbocycles. The number of carbonyl (C=O) groups is 3. The van der Waals surface area contributed by atoms with Gasteiger partial charge >= 0.3 is 6.03 Å². The summed E-state index contributed by atoms with van der Waals surface area (Å²) >= 11 is 0. The highest BCUT2D eigenvalue weighted by Crippen LogP contribution is 2.25. The second kappa shape index (κ2) is 9.26. The molecule has 1 saturated heterocycles. The monoisotopic (exact) mass is 468 g/mol. The van der Waals surface area contributed by atoms with E-state index in [4.69, 9.17) is 0 Å². The lowest BCUT2D eigenvalue weighted by Crippen LogP contribution is -2.30. The molecular weight excluding hydrogens is 447 g/mol. The summed E-state index contributed by atoms with van der Waals surface area (Å²) in [5.74, 6) is -1.05. The average molecular weight is 468 g/mol. The molecule has 1 aliphatic rings. The van der Waals surface area contributed by atoms with Crippen LogP contribution in [0.1, 0.15) is 11.1 Å². The van der Waals surface area contributed by atoms with E-state index in [1.165, 1.54) is 24.3 Å². The number of hydrogen-bond donors (Lipinski definition) is 2. The molecule has 1 fully saturated rings. The maximum atomic E-state index is 13.2. The minimum atomic E-state index is -0.545. The van der Waals surface area contributed by atoms with Crippen molar-refractivity contribution >= 4 is 40.5 Å². The summed E-state index contributed by atoms with van der Waals surface area (Å²) in [6, 6.07) is 21.8. The molecule has 0 aliphatic carbocycles. The molecule has 0 saturated carbocycles. The van der Waals surface area contributed by atoms with Gasteiger partial charge in [0.25, 0.3) is 5.91 Å². The number of imide groups is 1. The first kappa shape index (κ1) is 22.1. The van der Waals surface area contributed by atoms with E-state index in [1.54, 1.807) is 16.8 Å². The zero-order valence-electron chi connectivity index (χ0n) is 18.6. The number of rotatable bonds is 6. The van der Waals surface area contributed by atoms with E-state index in [-0.39, 0.29) is 30.5 Å². The molecule has 2 heterocycles. The molecule has 0 atom stereocenters. The third-order valence-electron chi connectivity index (χ3n) is 5.71. The molecule has 0 unspecified atom stereocenters. The Bertz CT molecular complexity index is 1460. The van der Waals surface area contributed by atoms with Gasteiger partial charge in [0.1, 0.15) is 18.1 Å². The molecule has 0 spiro atoms. The Morgan fingerprint density at radius 1 is 0.943 bits per heavy atom. The second-order valence-electron chi connectivity index (χ2n) is 8.15. The molecule has 0 bridgehead atoms. The van der Waals surface area contributed by atoms with Crippen LogP contribution < -0.4 is 10.6 Å². The van der Waals surface area contributed by atoms with E-state index < -0.39 is 11.9 Å². The van der Waals surface area contributed by atoms with Crippen molar-refractivity contribution in [2.45, 2.75) is 13.1 Å². The summed E-state index contributed by atoms with van der Waals surface area (Å²) in [6.45, 7) is 0.110.